The molecule has 3 aromatic carbocycles. The fraction of sp³-hybridized carbons (Fsp3) is 0.286. The predicted octanol–water partition coefficient (Wildman–Crippen LogP) is 5.93. The number of amides is 1. The fourth-order valence-corrected chi connectivity index (χ4v) is 3.29. The van der Waals surface area contributed by atoms with E-state index >= 15 is 0 Å². The maximum absolute atomic E-state index is 12.5. The Kier molecular flexibility index (Phi) is 8.68. The molecular formula is C28H31NO5. The van der Waals surface area contributed by atoms with E-state index in [-0.39, 0.29) is 12.6 Å². The summed E-state index contributed by atoms with van der Waals surface area (Å²) >= 11 is 0. The number of ether oxygens (including phenoxy) is 3. The van der Waals surface area contributed by atoms with Crippen molar-refractivity contribution in [3.05, 3.63) is 102 Å². The molecule has 3 aromatic rings. The topological polar surface area (TPSA) is 73.9 Å². The third-order valence-electron chi connectivity index (χ3n) is 4.79. The van der Waals surface area contributed by atoms with Crippen LogP contribution in [0.2, 0.25) is 0 Å². The first kappa shape index (κ1) is 24.8. The standard InChI is InChI=1S/C28H31NO5/c1-28(2,3)34-27(31)29-25(21-12-6-4-7-13-21)23-16-10-17-24(20-23)32-18-11-19-33-26(30)22-14-8-5-9-15-22/h4-10,12-17,20,25H,11,18-19H2,1-3H3,(H,29,31). The first-order chi connectivity index (χ1) is 16.3. The first-order valence-corrected chi connectivity index (χ1v) is 11.3. The molecule has 0 fully saturated rings. The summed E-state index contributed by atoms with van der Waals surface area (Å²) in [5.41, 5.74) is 1.73. The van der Waals surface area contributed by atoms with Crippen molar-refractivity contribution in [3.63, 3.8) is 0 Å². The molecule has 0 saturated heterocycles. The molecule has 6 nitrogen and oxygen atoms in total. The summed E-state index contributed by atoms with van der Waals surface area (Å²) < 4.78 is 16.6. The largest absolute Gasteiger partial charge is 0.493 e. The van der Waals surface area contributed by atoms with Crippen molar-refractivity contribution in [2.75, 3.05) is 13.2 Å². The van der Waals surface area contributed by atoms with Crippen molar-refractivity contribution in [2.24, 2.45) is 0 Å². The van der Waals surface area contributed by atoms with Crippen molar-refractivity contribution in [1.82, 2.24) is 5.32 Å². The van der Waals surface area contributed by atoms with Crippen molar-refractivity contribution in [1.29, 1.82) is 0 Å². The number of nitrogens with one attached hydrogen (secondary N) is 1. The van der Waals surface area contributed by atoms with E-state index in [1.165, 1.54) is 0 Å². The summed E-state index contributed by atoms with van der Waals surface area (Å²) in [5.74, 6) is 0.320. The summed E-state index contributed by atoms with van der Waals surface area (Å²) in [6.07, 6.45) is 0.0639. The smallest absolute Gasteiger partial charge is 0.408 e. The second-order valence-corrected chi connectivity index (χ2v) is 8.77. The molecule has 0 aliphatic rings. The number of rotatable bonds is 9. The Labute approximate surface area is 200 Å². The average molecular weight is 462 g/mol. The molecule has 0 heterocycles. The molecule has 1 amide bonds. The van der Waals surface area contributed by atoms with Gasteiger partial charge in [0.25, 0.3) is 0 Å². The lowest BCUT2D eigenvalue weighted by Crippen LogP contribution is -2.35. The average Bonchev–Trinajstić information content (AvgIpc) is 2.82. The van der Waals surface area contributed by atoms with Crippen LogP contribution in [0.1, 0.15) is 54.7 Å². The molecule has 0 saturated carbocycles. The zero-order valence-electron chi connectivity index (χ0n) is 19.8. The Balaban J connectivity index is 1.59. The highest BCUT2D eigenvalue weighted by Crippen LogP contribution is 2.26. The molecule has 1 atom stereocenters. The number of esters is 1. The van der Waals surface area contributed by atoms with Crippen molar-refractivity contribution in [3.8, 4) is 5.75 Å². The monoisotopic (exact) mass is 461 g/mol. The molecule has 0 aliphatic heterocycles. The van der Waals surface area contributed by atoms with Crippen LogP contribution in [0, 0.1) is 0 Å². The van der Waals surface area contributed by atoms with Gasteiger partial charge in [0.05, 0.1) is 24.8 Å². The van der Waals surface area contributed by atoms with Gasteiger partial charge in [-0.3, -0.25) is 0 Å². The van der Waals surface area contributed by atoms with Crippen LogP contribution in [-0.4, -0.2) is 30.9 Å². The summed E-state index contributed by atoms with van der Waals surface area (Å²) in [7, 11) is 0. The van der Waals surface area contributed by atoms with Crippen LogP contribution in [0.5, 0.6) is 5.75 Å². The van der Waals surface area contributed by atoms with Gasteiger partial charge in [0.15, 0.2) is 0 Å². The lowest BCUT2D eigenvalue weighted by molar-refractivity contribution is 0.0481. The molecule has 0 spiro atoms. The highest BCUT2D eigenvalue weighted by molar-refractivity contribution is 5.89. The van der Waals surface area contributed by atoms with Crippen LogP contribution in [0.4, 0.5) is 4.79 Å². The molecule has 34 heavy (non-hydrogen) atoms. The van der Waals surface area contributed by atoms with Gasteiger partial charge >= 0.3 is 12.1 Å². The van der Waals surface area contributed by atoms with Gasteiger partial charge in [-0.1, -0.05) is 60.7 Å². The number of carbonyl (C=O) groups excluding carboxylic acids is 2. The molecule has 1 N–H and O–H groups in total. The Hall–Kier alpha value is -3.80. The SMILES string of the molecule is CC(C)(C)OC(=O)NC(c1ccccc1)c1cccc(OCCCOC(=O)c2ccccc2)c1. The number of carbonyl (C=O) groups is 2. The summed E-state index contributed by atoms with van der Waals surface area (Å²) in [6, 6.07) is 25.8. The van der Waals surface area contributed by atoms with Crippen molar-refractivity contribution >= 4 is 12.1 Å². The van der Waals surface area contributed by atoms with Crippen molar-refractivity contribution in [2.45, 2.75) is 38.8 Å². The quantitative estimate of drug-likeness (QED) is 0.316. The normalized spacial score (nSPS) is 11.9. The van der Waals surface area contributed by atoms with E-state index < -0.39 is 17.7 Å². The van der Waals surface area contributed by atoms with E-state index in [9.17, 15) is 9.59 Å². The number of alkyl carbamates (subject to hydrolysis) is 1. The minimum absolute atomic E-state index is 0.264. The molecule has 0 bridgehead atoms. The van der Waals surface area contributed by atoms with E-state index in [2.05, 4.69) is 5.32 Å². The third kappa shape index (κ3) is 7.96. The van der Waals surface area contributed by atoms with Crippen molar-refractivity contribution < 1.29 is 23.8 Å². The van der Waals surface area contributed by atoms with Gasteiger partial charge in [-0.15, -0.1) is 0 Å². The molecule has 6 heteroatoms. The van der Waals surface area contributed by atoms with E-state index in [0.29, 0.717) is 24.3 Å². The summed E-state index contributed by atoms with van der Waals surface area (Å²) in [5, 5.41) is 2.96. The van der Waals surface area contributed by atoms with Gasteiger partial charge in [-0.2, -0.15) is 0 Å². The first-order valence-electron chi connectivity index (χ1n) is 11.3. The Morgan fingerprint density at radius 1 is 0.824 bits per heavy atom. The second kappa shape index (κ2) is 11.9. The lowest BCUT2D eigenvalue weighted by Gasteiger charge is -2.24. The highest BCUT2D eigenvalue weighted by Gasteiger charge is 2.22. The lowest BCUT2D eigenvalue weighted by atomic mass is 9.98. The minimum atomic E-state index is -0.597. The molecule has 1 unspecified atom stereocenters. The summed E-state index contributed by atoms with van der Waals surface area (Å²) in [4.78, 5) is 24.5. The van der Waals surface area contributed by atoms with E-state index in [4.69, 9.17) is 14.2 Å². The summed E-state index contributed by atoms with van der Waals surface area (Å²) in [6.45, 7) is 6.14. The van der Waals surface area contributed by atoms with Gasteiger partial charge in [-0.05, 0) is 56.2 Å². The molecular weight excluding hydrogens is 430 g/mol. The molecule has 178 valence electrons. The van der Waals surface area contributed by atoms with Crippen LogP contribution in [0.3, 0.4) is 0 Å². The maximum Gasteiger partial charge on any atom is 0.408 e. The maximum atomic E-state index is 12.5. The Morgan fingerprint density at radius 3 is 2.15 bits per heavy atom. The van der Waals surface area contributed by atoms with Gasteiger partial charge in [0.2, 0.25) is 0 Å². The number of benzene rings is 3. The van der Waals surface area contributed by atoms with Crippen LogP contribution >= 0.6 is 0 Å². The van der Waals surface area contributed by atoms with Crippen LogP contribution in [-0.2, 0) is 9.47 Å². The molecule has 0 aromatic heterocycles. The zero-order valence-corrected chi connectivity index (χ0v) is 19.8. The Morgan fingerprint density at radius 2 is 1.47 bits per heavy atom. The van der Waals surface area contributed by atoms with E-state index in [1.54, 1.807) is 24.3 Å². The van der Waals surface area contributed by atoms with Gasteiger partial charge < -0.3 is 19.5 Å². The van der Waals surface area contributed by atoms with Crippen LogP contribution in [0.25, 0.3) is 0 Å². The number of hydrogen-bond donors (Lipinski definition) is 1. The van der Waals surface area contributed by atoms with Gasteiger partial charge in [-0.25, -0.2) is 9.59 Å². The zero-order chi connectivity index (χ0) is 24.4. The number of hydrogen-bond acceptors (Lipinski definition) is 5. The van der Waals surface area contributed by atoms with Crippen LogP contribution < -0.4 is 10.1 Å². The molecule has 0 radical (unpaired) electrons. The third-order valence-corrected chi connectivity index (χ3v) is 4.79. The molecule has 3 rings (SSSR count). The van der Waals surface area contributed by atoms with Crippen LogP contribution in [0.15, 0.2) is 84.9 Å². The van der Waals surface area contributed by atoms with Gasteiger partial charge in [0, 0.05) is 6.42 Å². The van der Waals surface area contributed by atoms with Gasteiger partial charge in [0.1, 0.15) is 11.4 Å². The minimum Gasteiger partial charge on any atom is -0.493 e. The Bertz CT molecular complexity index is 1060. The van der Waals surface area contributed by atoms with E-state index in [0.717, 1.165) is 11.1 Å². The highest BCUT2D eigenvalue weighted by atomic mass is 16.6. The predicted molar refractivity (Wildman–Crippen MR) is 131 cm³/mol. The van der Waals surface area contributed by atoms with E-state index in [1.807, 2.05) is 81.4 Å². The fourth-order valence-electron chi connectivity index (χ4n) is 3.29. The molecule has 0 aliphatic carbocycles. The second-order valence-electron chi connectivity index (χ2n) is 8.77.